The summed E-state index contributed by atoms with van der Waals surface area (Å²) in [5, 5.41) is 9.68. The van der Waals surface area contributed by atoms with E-state index in [1.807, 2.05) is 19.1 Å². The molecule has 5 heteroatoms. The molecule has 4 nitrogen and oxygen atoms in total. The summed E-state index contributed by atoms with van der Waals surface area (Å²) in [5.41, 5.74) is 1.80. The fourth-order valence-corrected chi connectivity index (χ4v) is 2.64. The lowest BCUT2D eigenvalue weighted by Gasteiger charge is -2.00. The van der Waals surface area contributed by atoms with Crippen molar-refractivity contribution < 1.29 is 9.53 Å². The predicted octanol–water partition coefficient (Wildman–Crippen LogP) is 3.03. The van der Waals surface area contributed by atoms with E-state index in [4.69, 9.17) is 10.00 Å². The molecule has 0 saturated heterocycles. The van der Waals surface area contributed by atoms with Gasteiger partial charge >= 0.3 is 5.97 Å². The number of aromatic nitrogens is 1. The molecule has 0 bridgehead atoms. The highest BCUT2D eigenvalue weighted by Crippen LogP contribution is 2.31. The number of methoxy groups -OCH3 is 1. The quantitative estimate of drug-likeness (QED) is 0.806. The largest absolute Gasteiger partial charge is 0.464 e. The van der Waals surface area contributed by atoms with Gasteiger partial charge in [-0.1, -0.05) is 19.1 Å². The van der Waals surface area contributed by atoms with Gasteiger partial charge in [0, 0.05) is 0 Å². The van der Waals surface area contributed by atoms with Gasteiger partial charge in [-0.3, -0.25) is 0 Å². The average molecular weight is 272 g/mol. The van der Waals surface area contributed by atoms with Crippen molar-refractivity contribution in [2.24, 2.45) is 0 Å². The minimum absolute atomic E-state index is 0.342. The lowest BCUT2D eigenvalue weighted by molar-refractivity contribution is 0.0595. The zero-order valence-electron chi connectivity index (χ0n) is 10.6. The van der Waals surface area contributed by atoms with E-state index in [-0.39, 0.29) is 0 Å². The summed E-state index contributed by atoms with van der Waals surface area (Å²) in [6.07, 6.45) is 0.769. The van der Waals surface area contributed by atoms with E-state index < -0.39 is 5.97 Å². The number of esters is 1. The van der Waals surface area contributed by atoms with Crippen molar-refractivity contribution in [1.82, 2.24) is 4.98 Å². The second-order valence-corrected chi connectivity index (χ2v) is 4.90. The predicted molar refractivity (Wildman–Crippen MR) is 73.0 cm³/mol. The third-order valence-electron chi connectivity index (χ3n) is 2.63. The Bertz CT molecular complexity index is 638. The number of ether oxygens (including phenoxy) is 1. The zero-order valence-corrected chi connectivity index (χ0v) is 11.5. The SMILES string of the molecule is CCc1nc(C(=O)OC)c(-c2ccc(C#N)cc2)s1. The van der Waals surface area contributed by atoms with Gasteiger partial charge in [0.25, 0.3) is 0 Å². The van der Waals surface area contributed by atoms with Crippen LogP contribution in [-0.4, -0.2) is 18.1 Å². The van der Waals surface area contributed by atoms with Gasteiger partial charge in [-0.25, -0.2) is 9.78 Å². The first-order valence-corrected chi connectivity index (χ1v) is 6.59. The van der Waals surface area contributed by atoms with Crippen LogP contribution in [0.3, 0.4) is 0 Å². The minimum Gasteiger partial charge on any atom is -0.464 e. The van der Waals surface area contributed by atoms with Gasteiger partial charge in [0.1, 0.15) is 0 Å². The first kappa shape index (κ1) is 13.2. The molecule has 2 rings (SSSR count). The maximum atomic E-state index is 11.7. The Balaban J connectivity index is 2.50. The summed E-state index contributed by atoms with van der Waals surface area (Å²) in [6.45, 7) is 1.99. The average Bonchev–Trinajstić information content (AvgIpc) is 2.90. The van der Waals surface area contributed by atoms with Crippen LogP contribution in [0.5, 0.6) is 0 Å². The third kappa shape index (κ3) is 2.64. The van der Waals surface area contributed by atoms with Crippen molar-refractivity contribution in [2.75, 3.05) is 7.11 Å². The first-order chi connectivity index (χ1) is 9.19. The monoisotopic (exact) mass is 272 g/mol. The van der Waals surface area contributed by atoms with E-state index in [1.54, 1.807) is 12.1 Å². The number of benzene rings is 1. The van der Waals surface area contributed by atoms with Gasteiger partial charge in [0.15, 0.2) is 5.69 Å². The highest BCUT2D eigenvalue weighted by atomic mass is 32.1. The molecule has 19 heavy (non-hydrogen) atoms. The lowest BCUT2D eigenvalue weighted by Crippen LogP contribution is -2.03. The van der Waals surface area contributed by atoms with Crippen molar-refractivity contribution in [3.05, 3.63) is 40.5 Å². The first-order valence-electron chi connectivity index (χ1n) is 5.78. The fourth-order valence-electron chi connectivity index (χ4n) is 1.64. The van der Waals surface area contributed by atoms with E-state index in [0.29, 0.717) is 11.3 Å². The molecule has 1 heterocycles. The molecule has 0 unspecified atom stereocenters. The molecule has 1 aromatic carbocycles. The normalized spacial score (nSPS) is 9.95. The second kappa shape index (κ2) is 5.63. The number of rotatable bonds is 3. The van der Waals surface area contributed by atoms with Gasteiger partial charge in [-0.2, -0.15) is 5.26 Å². The molecule has 0 atom stereocenters. The Morgan fingerprint density at radius 3 is 2.63 bits per heavy atom. The molecule has 0 saturated carbocycles. The molecule has 2 aromatic rings. The molecule has 0 aliphatic rings. The second-order valence-electron chi connectivity index (χ2n) is 3.82. The van der Waals surface area contributed by atoms with E-state index >= 15 is 0 Å². The molecular formula is C14H12N2O2S. The summed E-state index contributed by atoms with van der Waals surface area (Å²) >= 11 is 1.47. The van der Waals surface area contributed by atoms with Crippen LogP contribution in [0.1, 0.15) is 28.0 Å². The highest BCUT2D eigenvalue weighted by molar-refractivity contribution is 7.15. The number of hydrogen-bond acceptors (Lipinski definition) is 5. The van der Waals surface area contributed by atoms with Gasteiger partial charge in [0.05, 0.1) is 28.6 Å². The Morgan fingerprint density at radius 2 is 2.11 bits per heavy atom. The van der Waals surface area contributed by atoms with Crippen molar-refractivity contribution >= 4 is 17.3 Å². The number of thiazole rings is 1. The zero-order chi connectivity index (χ0) is 13.8. The van der Waals surface area contributed by atoms with Crippen LogP contribution >= 0.6 is 11.3 Å². The number of nitrogens with zero attached hydrogens (tertiary/aromatic N) is 2. The number of carbonyl (C=O) groups excluding carboxylic acids is 1. The fraction of sp³-hybridized carbons (Fsp3) is 0.214. The topological polar surface area (TPSA) is 63.0 Å². The summed E-state index contributed by atoms with van der Waals surface area (Å²) in [4.78, 5) is 16.8. The molecule has 0 spiro atoms. The number of aryl methyl sites for hydroxylation is 1. The van der Waals surface area contributed by atoms with Crippen LogP contribution in [0.4, 0.5) is 0 Å². The van der Waals surface area contributed by atoms with E-state index in [1.165, 1.54) is 18.4 Å². The van der Waals surface area contributed by atoms with Crippen molar-refractivity contribution in [3.8, 4) is 16.5 Å². The Hall–Kier alpha value is -2.19. The van der Waals surface area contributed by atoms with Crippen molar-refractivity contribution in [2.45, 2.75) is 13.3 Å². The minimum atomic E-state index is -0.435. The maximum absolute atomic E-state index is 11.7. The lowest BCUT2D eigenvalue weighted by atomic mass is 10.1. The summed E-state index contributed by atoms with van der Waals surface area (Å²) in [6, 6.07) is 9.15. The molecule has 0 aliphatic carbocycles. The molecular weight excluding hydrogens is 260 g/mol. The van der Waals surface area contributed by atoms with Crippen LogP contribution in [0.25, 0.3) is 10.4 Å². The van der Waals surface area contributed by atoms with Crippen LogP contribution in [0.2, 0.25) is 0 Å². The summed E-state index contributed by atoms with van der Waals surface area (Å²) < 4.78 is 4.75. The van der Waals surface area contributed by atoms with Gasteiger partial charge < -0.3 is 4.74 Å². The van der Waals surface area contributed by atoms with Gasteiger partial charge in [0.2, 0.25) is 0 Å². The van der Waals surface area contributed by atoms with Crippen LogP contribution in [-0.2, 0) is 11.2 Å². The third-order valence-corrected chi connectivity index (χ3v) is 3.88. The van der Waals surface area contributed by atoms with Crippen LogP contribution in [0.15, 0.2) is 24.3 Å². The summed E-state index contributed by atoms with van der Waals surface area (Å²) in [7, 11) is 1.34. The molecule has 0 radical (unpaired) electrons. The Labute approximate surface area is 115 Å². The van der Waals surface area contributed by atoms with E-state index in [0.717, 1.165) is 21.9 Å². The Kier molecular flexibility index (Phi) is 3.93. The number of carbonyl (C=O) groups is 1. The van der Waals surface area contributed by atoms with Gasteiger partial charge in [-0.05, 0) is 24.1 Å². The van der Waals surface area contributed by atoms with Gasteiger partial charge in [-0.15, -0.1) is 11.3 Å². The standard InChI is InChI=1S/C14H12N2O2S/c1-3-11-16-12(14(17)18-2)13(19-11)10-6-4-9(8-15)5-7-10/h4-7H,3H2,1-2H3. The smallest absolute Gasteiger partial charge is 0.358 e. The molecule has 0 N–H and O–H groups in total. The van der Waals surface area contributed by atoms with Crippen molar-refractivity contribution in [1.29, 1.82) is 5.26 Å². The van der Waals surface area contributed by atoms with Crippen LogP contribution in [0, 0.1) is 11.3 Å². The maximum Gasteiger partial charge on any atom is 0.358 e. The highest BCUT2D eigenvalue weighted by Gasteiger charge is 2.19. The molecule has 1 aromatic heterocycles. The molecule has 0 aliphatic heterocycles. The summed E-state index contributed by atoms with van der Waals surface area (Å²) in [5.74, 6) is -0.435. The number of nitriles is 1. The number of hydrogen-bond donors (Lipinski definition) is 0. The molecule has 96 valence electrons. The van der Waals surface area contributed by atoms with E-state index in [2.05, 4.69) is 11.1 Å². The van der Waals surface area contributed by atoms with Crippen LogP contribution < -0.4 is 0 Å². The van der Waals surface area contributed by atoms with E-state index in [9.17, 15) is 4.79 Å². The molecule has 0 amide bonds. The van der Waals surface area contributed by atoms with Crippen molar-refractivity contribution in [3.63, 3.8) is 0 Å². The molecule has 0 fully saturated rings. The Morgan fingerprint density at radius 1 is 1.42 bits per heavy atom.